The van der Waals surface area contributed by atoms with E-state index in [1.54, 1.807) is 13.8 Å². The van der Waals surface area contributed by atoms with Crippen LogP contribution in [0.1, 0.15) is 25.0 Å². The Kier molecular flexibility index (Phi) is 7.10. The highest BCUT2D eigenvalue weighted by Gasteiger charge is 2.06. The number of hydrogen-bond acceptors (Lipinski definition) is 2. The van der Waals surface area contributed by atoms with Crippen molar-refractivity contribution in [3.63, 3.8) is 0 Å². The fourth-order valence-corrected chi connectivity index (χ4v) is 4.16. The van der Waals surface area contributed by atoms with Crippen LogP contribution < -0.4 is 0 Å². The quantitative estimate of drug-likeness (QED) is 0.212. The maximum Gasteiger partial charge on any atom is 0.0944 e. The van der Waals surface area contributed by atoms with Gasteiger partial charge in [0.05, 0.1) is 12.1 Å². The van der Waals surface area contributed by atoms with Crippen LogP contribution in [0.5, 0.6) is 0 Å². The van der Waals surface area contributed by atoms with E-state index in [1.165, 1.54) is 0 Å². The summed E-state index contributed by atoms with van der Waals surface area (Å²) >= 11 is 0. The smallest absolute Gasteiger partial charge is 0.0944 e. The van der Waals surface area contributed by atoms with Gasteiger partial charge in [-0.15, -0.1) is 0 Å². The monoisotopic (exact) mass is 462 g/mol. The highest BCUT2D eigenvalue weighted by Crippen LogP contribution is 2.31. The Labute approximate surface area is 213 Å². The molecule has 0 atom stereocenters. The molecule has 0 aromatic heterocycles. The number of allylic oxidation sites excluding steroid dienone is 6. The molecule has 0 N–H and O–H groups in total. The van der Waals surface area contributed by atoms with Crippen molar-refractivity contribution in [1.29, 1.82) is 10.5 Å². The van der Waals surface area contributed by atoms with Gasteiger partial charge in [-0.05, 0) is 106 Å². The summed E-state index contributed by atoms with van der Waals surface area (Å²) in [5.74, 6) is 0. The Balaban J connectivity index is 1.65. The van der Waals surface area contributed by atoms with E-state index < -0.39 is 0 Å². The fourth-order valence-electron chi connectivity index (χ4n) is 4.16. The number of nitrogens with zero attached hydrogens (tertiary/aromatic N) is 2. The molecule has 36 heavy (non-hydrogen) atoms. The molecular formula is C34H26N2. The molecule has 4 aromatic carbocycles. The van der Waals surface area contributed by atoms with Gasteiger partial charge in [0.15, 0.2) is 0 Å². The first kappa shape index (κ1) is 24.2. The Bertz CT molecular complexity index is 1520. The lowest BCUT2D eigenvalue weighted by Gasteiger charge is -2.10. The van der Waals surface area contributed by atoms with Crippen LogP contribution in [0, 0.1) is 22.7 Å². The summed E-state index contributed by atoms with van der Waals surface area (Å²) in [6.07, 6.45) is 3.62. The molecule has 2 heteroatoms. The van der Waals surface area contributed by atoms with Crippen LogP contribution in [-0.2, 0) is 0 Å². The Morgan fingerprint density at radius 3 is 1.36 bits per heavy atom. The SMILES string of the molecule is C=C(/C=C(\C)C#N)c1cccc(-c2ccc3cc(-c4cccc(C(=C)/C=C(\C)C#N)c4)ccc3c2)c1. The average molecular weight is 463 g/mol. The maximum atomic E-state index is 9.06. The van der Waals surface area contributed by atoms with Gasteiger partial charge in [0.1, 0.15) is 0 Å². The first-order valence-corrected chi connectivity index (χ1v) is 11.7. The van der Waals surface area contributed by atoms with Crippen LogP contribution in [0.25, 0.3) is 44.2 Å². The van der Waals surface area contributed by atoms with E-state index in [-0.39, 0.29) is 0 Å². The first-order chi connectivity index (χ1) is 17.4. The summed E-state index contributed by atoms with van der Waals surface area (Å²) in [4.78, 5) is 0. The van der Waals surface area contributed by atoms with E-state index in [0.717, 1.165) is 55.3 Å². The number of fused-ring (bicyclic) bond motifs is 1. The lowest BCUT2D eigenvalue weighted by molar-refractivity contribution is 1.44. The first-order valence-electron chi connectivity index (χ1n) is 11.7. The van der Waals surface area contributed by atoms with Crippen molar-refractivity contribution in [1.82, 2.24) is 0 Å². The van der Waals surface area contributed by atoms with Gasteiger partial charge >= 0.3 is 0 Å². The van der Waals surface area contributed by atoms with E-state index in [9.17, 15) is 0 Å². The maximum absolute atomic E-state index is 9.06. The zero-order valence-corrected chi connectivity index (χ0v) is 20.5. The molecule has 0 heterocycles. The molecule has 0 amide bonds. The van der Waals surface area contributed by atoms with Crippen molar-refractivity contribution in [3.8, 4) is 34.4 Å². The molecule has 4 rings (SSSR count). The summed E-state index contributed by atoms with van der Waals surface area (Å²) in [6.45, 7) is 11.8. The minimum Gasteiger partial charge on any atom is -0.193 e. The summed E-state index contributed by atoms with van der Waals surface area (Å²) in [6, 6.07) is 33.7. The minimum absolute atomic E-state index is 0.635. The molecule has 0 aliphatic rings. The lowest BCUT2D eigenvalue weighted by Crippen LogP contribution is -1.86. The third-order valence-electron chi connectivity index (χ3n) is 6.11. The molecule has 2 nitrogen and oxygen atoms in total. The predicted octanol–water partition coefficient (Wildman–Crippen LogP) is 9.14. The second kappa shape index (κ2) is 10.6. The van der Waals surface area contributed by atoms with Crippen molar-refractivity contribution in [2.45, 2.75) is 13.8 Å². The van der Waals surface area contributed by atoms with Gasteiger partial charge in [-0.25, -0.2) is 0 Å². The molecule has 0 saturated heterocycles. The van der Waals surface area contributed by atoms with E-state index in [0.29, 0.717) is 11.1 Å². The second-order valence-corrected chi connectivity index (χ2v) is 8.87. The molecule has 0 radical (unpaired) electrons. The molecule has 0 aliphatic heterocycles. The van der Waals surface area contributed by atoms with Crippen molar-refractivity contribution in [2.75, 3.05) is 0 Å². The number of hydrogen-bond donors (Lipinski definition) is 0. The number of benzene rings is 4. The second-order valence-electron chi connectivity index (χ2n) is 8.87. The number of rotatable bonds is 6. The van der Waals surface area contributed by atoms with Crippen molar-refractivity contribution >= 4 is 21.9 Å². The van der Waals surface area contributed by atoms with Crippen LogP contribution in [0.2, 0.25) is 0 Å². The van der Waals surface area contributed by atoms with Crippen molar-refractivity contribution in [2.24, 2.45) is 0 Å². The molecule has 0 saturated carbocycles. The van der Waals surface area contributed by atoms with Gasteiger partial charge in [0.25, 0.3) is 0 Å². The average Bonchev–Trinajstić information content (AvgIpc) is 2.92. The van der Waals surface area contributed by atoms with Crippen LogP contribution in [0.15, 0.2) is 121 Å². The van der Waals surface area contributed by atoms with Gasteiger partial charge in [0, 0.05) is 11.1 Å². The van der Waals surface area contributed by atoms with Crippen molar-refractivity contribution < 1.29 is 0 Å². The highest BCUT2D eigenvalue weighted by molar-refractivity contribution is 5.91. The van der Waals surface area contributed by atoms with Gasteiger partial charge in [-0.3, -0.25) is 0 Å². The largest absolute Gasteiger partial charge is 0.193 e. The van der Waals surface area contributed by atoms with Crippen LogP contribution in [0.4, 0.5) is 0 Å². The van der Waals surface area contributed by atoms with Crippen LogP contribution in [-0.4, -0.2) is 0 Å². The van der Waals surface area contributed by atoms with Gasteiger partial charge in [-0.1, -0.05) is 73.8 Å². The molecule has 0 bridgehead atoms. The molecule has 0 fully saturated rings. The molecule has 0 unspecified atom stereocenters. The third kappa shape index (κ3) is 5.41. The molecule has 4 aromatic rings. The van der Waals surface area contributed by atoms with Crippen LogP contribution in [0.3, 0.4) is 0 Å². The zero-order chi connectivity index (χ0) is 25.7. The zero-order valence-electron chi connectivity index (χ0n) is 20.5. The Morgan fingerprint density at radius 2 is 0.972 bits per heavy atom. The number of nitriles is 2. The summed E-state index contributed by atoms with van der Waals surface area (Å²) in [5.41, 5.74) is 9.38. The minimum atomic E-state index is 0.635. The normalized spacial score (nSPS) is 11.6. The summed E-state index contributed by atoms with van der Waals surface area (Å²) in [5, 5.41) is 20.4. The summed E-state index contributed by atoms with van der Waals surface area (Å²) < 4.78 is 0. The standard InChI is InChI=1S/C34H26N2/c1-23(21-35)15-25(3)27-7-5-9-29(17-27)31-11-13-34-20-32(12-14-33(34)19-31)30-10-6-8-28(18-30)26(4)16-24(2)22-36/h5-20H,3-4H2,1-2H3/b23-15+,24-16+. The van der Waals surface area contributed by atoms with Gasteiger partial charge < -0.3 is 0 Å². The predicted molar refractivity (Wildman–Crippen MR) is 152 cm³/mol. The fraction of sp³-hybridized carbons (Fsp3) is 0.0588. The molecular weight excluding hydrogens is 436 g/mol. The molecule has 0 spiro atoms. The molecule has 0 aliphatic carbocycles. The summed E-state index contributed by atoms with van der Waals surface area (Å²) in [7, 11) is 0. The Hall–Kier alpha value is -4.92. The van der Waals surface area contributed by atoms with E-state index >= 15 is 0 Å². The van der Waals surface area contributed by atoms with Crippen LogP contribution >= 0.6 is 0 Å². The Morgan fingerprint density at radius 1 is 0.583 bits per heavy atom. The van der Waals surface area contributed by atoms with E-state index in [1.807, 2.05) is 36.4 Å². The van der Waals surface area contributed by atoms with E-state index in [4.69, 9.17) is 10.5 Å². The van der Waals surface area contributed by atoms with Crippen molar-refractivity contribution in [3.05, 3.63) is 133 Å². The topological polar surface area (TPSA) is 47.6 Å². The van der Waals surface area contributed by atoms with Gasteiger partial charge in [0.2, 0.25) is 0 Å². The highest BCUT2D eigenvalue weighted by atomic mass is 14.2. The molecule has 172 valence electrons. The third-order valence-corrected chi connectivity index (χ3v) is 6.11. The van der Waals surface area contributed by atoms with Gasteiger partial charge in [-0.2, -0.15) is 10.5 Å². The lowest BCUT2D eigenvalue weighted by atomic mass is 9.94. The van der Waals surface area contributed by atoms with E-state index in [2.05, 4.69) is 86.0 Å².